The minimum Gasteiger partial charge on any atom is -0.490 e. The van der Waals surface area contributed by atoms with Crippen LogP contribution in [0.4, 0.5) is 5.82 Å². The van der Waals surface area contributed by atoms with Crippen molar-refractivity contribution in [3.8, 4) is 5.75 Å². The first-order valence-electron chi connectivity index (χ1n) is 6.15. The highest BCUT2D eigenvalue weighted by atomic mass is 16.5. The zero-order chi connectivity index (χ0) is 12.8. The fourth-order valence-electron chi connectivity index (χ4n) is 1.62. The van der Waals surface area contributed by atoms with E-state index in [2.05, 4.69) is 27.2 Å². The summed E-state index contributed by atoms with van der Waals surface area (Å²) in [5.41, 5.74) is 0. The van der Waals surface area contributed by atoms with Crippen LogP contribution >= 0.6 is 0 Å². The number of pyridine rings is 1. The van der Waals surface area contributed by atoms with Crippen molar-refractivity contribution in [3.63, 3.8) is 0 Å². The predicted molar refractivity (Wildman–Crippen MR) is 70.6 cm³/mol. The van der Waals surface area contributed by atoms with E-state index in [9.17, 15) is 0 Å². The van der Waals surface area contributed by atoms with Gasteiger partial charge in [-0.15, -0.1) is 0 Å². The Labute approximate surface area is 107 Å². The first-order valence-corrected chi connectivity index (χ1v) is 6.15. The molecule has 0 bridgehead atoms. The number of H-pyrrole nitrogens is 1. The topological polar surface area (TPSA) is 62.8 Å². The van der Waals surface area contributed by atoms with E-state index >= 15 is 0 Å². The van der Waals surface area contributed by atoms with Gasteiger partial charge in [0.1, 0.15) is 5.82 Å². The molecule has 0 aliphatic carbocycles. The first kappa shape index (κ1) is 12.4. The molecule has 0 saturated heterocycles. The van der Waals surface area contributed by atoms with Crippen molar-refractivity contribution in [2.24, 2.45) is 0 Å². The fraction of sp³-hybridized carbons (Fsp3) is 0.385. The molecule has 0 amide bonds. The predicted octanol–water partition coefficient (Wildman–Crippen LogP) is 2.77. The number of anilines is 1. The smallest absolute Gasteiger partial charge is 0.169 e. The average molecular weight is 246 g/mol. The molecule has 0 aromatic carbocycles. The Morgan fingerprint density at radius 1 is 1.39 bits per heavy atom. The summed E-state index contributed by atoms with van der Waals surface area (Å²) in [4.78, 5) is 11.6. The van der Waals surface area contributed by atoms with Crippen molar-refractivity contribution in [2.75, 3.05) is 11.9 Å². The Morgan fingerprint density at radius 3 is 3.00 bits per heavy atom. The van der Waals surface area contributed by atoms with Crippen molar-refractivity contribution in [1.82, 2.24) is 15.0 Å². The minimum atomic E-state index is 0.0545. The molecule has 0 aliphatic heterocycles. The van der Waals surface area contributed by atoms with Crippen molar-refractivity contribution < 1.29 is 4.74 Å². The lowest BCUT2D eigenvalue weighted by Crippen LogP contribution is -2.11. The van der Waals surface area contributed by atoms with Gasteiger partial charge in [0.05, 0.1) is 12.6 Å². The van der Waals surface area contributed by atoms with Crippen LogP contribution in [-0.2, 0) is 0 Å². The molecule has 0 saturated carbocycles. The quantitative estimate of drug-likeness (QED) is 0.822. The fourth-order valence-corrected chi connectivity index (χ4v) is 1.62. The first-order chi connectivity index (χ1) is 8.81. The lowest BCUT2D eigenvalue weighted by atomic mass is 10.3. The minimum absolute atomic E-state index is 0.0545. The zero-order valence-corrected chi connectivity index (χ0v) is 10.7. The summed E-state index contributed by atoms with van der Waals surface area (Å²) in [6.45, 7) is 4.79. The lowest BCUT2D eigenvalue weighted by molar-refractivity contribution is 0.317. The lowest BCUT2D eigenvalue weighted by Gasteiger charge is -2.15. The number of nitrogens with zero attached hydrogens (tertiary/aromatic N) is 2. The molecule has 1 unspecified atom stereocenters. The number of nitrogens with one attached hydrogen (secondary N) is 2. The molecule has 2 aromatic heterocycles. The van der Waals surface area contributed by atoms with Crippen LogP contribution in [0.25, 0.3) is 0 Å². The molecule has 18 heavy (non-hydrogen) atoms. The van der Waals surface area contributed by atoms with E-state index in [-0.39, 0.29) is 6.04 Å². The summed E-state index contributed by atoms with van der Waals surface area (Å²) >= 11 is 0. The molecule has 96 valence electrons. The second kappa shape index (κ2) is 6.05. The van der Waals surface area contributed by atoms with Crippen LogP contribution in [0.5, 0.6) is 5.75 Å². The normalized spacial score (nSPS) is 12.1. The molecule has 1 atom stereocenters. The average Bonchev–Trinajstić information content (AvgIpc) is 2.91. The molecule has 5 heteroatoms. The molecule has 0 spiro atoms. The van der Waals surface area contributed by atoms with Gasteiger partial charge in [-0.3, -0.25) is 0 Å². The monoisotopic (exact) mass is 246 g/mol. The third-order valence-electron chi connectivity index (χ3n) is 2.52. The van der Waals surface area contributed by atoms with Gasteiger partial charge in [0, 0.05) is 18.6 Å². The third kappa shape index (κ3) is 3.00. The van der Waals surface area contributed by atoms with Crippen molar-refractivity contribution in [2.45, 2.75) is 26.3 Å². The van der Waals surface area contributed by atoms with Gasteiger partial charge in [-0.1, -0.05) is 6.92 Å². The summed E-state index contributed by atoms with van der Waals surface area (Å²) in [5, 5.41) is 3.29. The second-order valence-electron chi connectivity index (χ2n) is 4.04. The van der Waals surface area contributed by atoms with Crippen LogP contribution in [0, 0.1) is 0 Å². The van der Waals surface area contributed by atoms with Gasteiger partial charge in [0.15, 0.2) is 11.6 Å². The maximum absolute atomic E-state index is 5.65. The number of rotatable bonds is 6. The second-order valence-corrected chi connectivity index (χ2v) is 4.04. The van der Waals surface area contributed by atoms with E-state index in [4.69, 9.17) is 4.74 Å². The van der Waals surface area contributed by atoms with E-state index < -0.39 is 0 Å². The number of hydrogen-bond donors (Lipinski definition) is 2. The standard InChI is InChI=1S/C13H18N4O/c1-3-9-18-11-5-4-6-14-13(11)17-10(2)12-15-7-8-16-12/h4-8,10H,3,9H2,1-2H3,(H,14,17)(H,15,16). The van der Waals surface area contributed by atoms with Crippen LogP contribution in [0.15, 0.2) is 30.7 Å². The summed E-state index contributed by atoms with van der Waals surface area (Å²) in [7, 11) is 0. The molecule has 5 nitrogen and oxygen atoms in total. The maximum Gasteiger partial charge on any atom is 0.169 e. The highest BCUT2D eigenvalue weighted by Crippen LogP contribution is 2.24. The molecule has 2 N–H and O–H groups in total. The SMILES string of the molecule is CCCOc1cccnc1NC(C)c1ncc[nH]1. The number of aromatic nitrogens is 3. The van der Waals surface area contributed by atoms with E-state index in [0.717, 1.165) is 23.8 Å². The van der Waals surface area contributed by atoms with Crippen LogP contribution in [-0.4, -0.2) is 21.6 Å². The van der Waals surface area contributed by atoms with Crippen molar-refractivity contribution >= 4 is 5.82 Å². The molecule has 0 radical (unpaired) electrons. The van der Waals surface area contributed by atoms with Gasteiger partial charge in [-0.2, -0.15) is 0 Å². The highest BCUT2D eigenvalue weighted by molar-refractivity contribution is 5.50. The molecular weight excluding hydrogens is 228 g/mol. The van der Waals surface area contributed by atoms with Gasteiger partial charge in [-0.25, -0.2) is 9.97 Å². The Balaban J connectivity index is 2.08. The molecular formula is C13H18N4O. The number of hydrogen-bond acceptors (Lipinski definition) is 4. The van der Waals surface area contributed by atoms with E-state index in [1.807, 2.05) is 19.1 Å². The summed E-state index contributed by atoms with van der Waals surface area (Å²) in [6.07, 6.45) is 6.26. The van der Waals surface area contributed by atoms with Gasteiger partial charge >= 0.3 is 0 Å². The van der Waals surface area contributed by atoms with Crippen LogP contribution in [0.1, 0.15) is 32.1 Å². The summed E-state index contributed by atoms with van der Waals surface area (Å²) in [6, 6.07) is 3.84. The Kier molecular flexibility index (Phi) is 4.17. The summed E-state index contributed by atoms with van der Waals surface area (Å²) < 4.78 is 5.65. The molecule has 2 heterocycles. The van der Waals surface area contributed by atoms with E-state index in [0.29, 0.717) is 6.61 Å². The third-order valence-corrected chi connectivity index (χ3v) is 2.52. The number of ether oxygens (including phenoxy) is 1. The van der Waals surface area contributed by atoms with Crippen molar-refractivity contribution in [1.29, 1.82) is 0 Å². The molecule has 0 fully saturated rings. The molecule has 2 rings (SSSR count). The Hall–Kier alpha value is -2.04. The van der Waals surface area contributed by atoms with E-state index in [1.54, 1.807) is 18.6 Å². The van der Waals surface area contributed by atoms with Crippen LogP contribution in [0.3, 0.4) is 0 Å². The van der Waals surface area contributed by atoms with Gasteiger partial charge < -0.3 is 15.0 Å². The van der Waals surface area contributed by atoms with Crippen LogP contribution in [0.2, 0.25) is 0 Å². The number of aromatic amines is 1. The van der Waals surface area contributed by atoms with Gasteiger partial charge in [-0.05, 0) is 25.5 Å². The Morgan fingerprint density at radius 2 is 2.28 bits per heavy atom. The maximum atomic E-state index is 5.65. The highest BCUT2D eigenvalue weighted by Gasteiger charge is 2.11. The molecule has 2 aromatic rings. The zero-order valence-electron chi connectivity index (χ0n) is 10.7. The van der Waals surface area contributed by atoms with Crippen molar-refractivity contribution in [3.05, 3.63) is 36.5 Å². The number of imidazole rings is 1. The van der Waals surface area contributed by atoms with Gasteiger partial charge in [0.25, 0.3) is 0 Å². The van der Waals surface area contributed by atoms with Crippen LogP contribution < -0.4 is 10.1 Å². The Bertz CT molecular complexity index is 470. The molecule has 0 aliphatic rings. The summed E-state index contributed by atoms with van der Waals surface area (Å²) in [5.74, 6) is 2.40. The van der Waals surface area contributed by atoms with E-state index in [1.165, 1.54) is 0 Å². The van der Waals surface area contributed by atoms with Gasteiger partial charge in [0.2, 0.25) is 0 Å². The largest absolute Gasteiger partial charge is 0.490 e.